The monoisotopic (exact) mass is 199 g/mol. The molecule has 0 aromatic rings. The lowest BCUT2D eigenvalue weighted by atomic mass is 10.2. The van der Waals surface area contributed by atoms with Crippen LogP contribution >= 0.6 is 0 Å². The molecule has 1 rings (SSSR count). The third kappa shape index (κ3) is 5.56. The molecule has 4 nitrogen and oxygen atoms in total. The van der Waals surface area contributed by atoms with E-state index >= 15 is 0 Å². The van der Waals surface area contributed by atoms with Gasteiger partial charge in [0.1, 0.15) is 0 Å². The summed E-state index contributed by atoms with van der Waals surface area (Å²) in [6, 6.07) is 0. The van der Waals surface area contributed by atoms with Crippen molar-refractivity contribution in [1.82, 2.24) is 5.32 Å². The highest BCUT2D eigenvalue weighted by molar-refractivity contribution is 5.75. The summed E-state index contributed by atoms with van der Waals surface area (Å²) in [6.45, 7) is 0.482. The third-order valence-electron chi connectivity index (χ3n) is 2.37. The highest BCUT2D eigenvalue weighted by Gasteiger charge is 2.21. The fourth-order valence-corrected chi connectivity index (χ4v) is 1.30. The Morgan fingerprint density at radius 1 is 1.29 bits per heavy atom. The molecule has 0 saturated heterocycles. The van der Waals surface area contributed by atoms with Crippen LogP contribution in [0.1, 0.15) is 38.5 Å². The molecule has 0 unspecified atom stereocenters. The Hall–Kier alpha value is -1.06. The number of rotatable bonds is 7. The van der Waals surface area contributed by atoms with Gasteiger partial charge in [0.25, 0.3) is 0 Å². The molecule has 0 aliphatic heterocycles. The van der Waals surface area contributed by atoms with Gasteiger partial charge < -0.3 is 10.4 Å². The van der Waals surface area contributed by atoms with Crippen molar-refractivity contribution in [3.63, 3.8) is 0 Å². The number of hydrogen-bond acceptors (Lipinski definition) is 2. The Balaban J connectivity index is 1.88. The Morgan fingerprint density at radius 2 is 2.00 bits per heavy atom. The third-order valence-corrected chi connectivity index (χ3v) is 2.37. The fourth-order valence-electron chi connectivity index (χ4n) is 1.30. The number of carbonyl (C=O) groups excluding carboxylic acids is 1. The molecule has 4 heteroatoms. The lowest BCUT2D eigenvalue weighted by Crippen LogP contribution is -2.24. The molecule has 1 saturated carbocycles. The smallest absolute Gasteiger partial charge is 0.303 e. The number of carboxylic acids is 1. The number of aliphatic carboxylic acids is 1. The van der Waals surface area contributed by atoms with Crippen LogP contribution in [0.4, 0.5) is 0 Å². The molecule has 1 fully saturated rings. The largest absolute Gasteiger partial charge is 0.481 e. The van der Waals surface area contributed by atoms with E-state index in [0.29, 0.717) is 19.4 Å². The average Bonchev–Trinajstić information content (AvgIpc) is 2.92. The van der Waals surface area contributed by atoms with Gasteiger partial charge in [-0.1, -0.05) is 12.8 Å². The summed E-state index contributed by atoms with van der Waals surface area (Å²) in [5.41, 5.74) is 0. The van der Waals surface area contributed by atoms with Crippen LogP contribution in [-0.4, -0.2) is 23.5 Å². The first-order valence-electron chi connectivity index (χ1n) is 5.17. The van der Waals surface area contributed by atoms with Gasteiger partial charge >= 0.3 is 5.97 Å². The molecule has 0 heterocycles. The van der Waals surface area contributed by atoms with E-state index in [4.69, 9.17) is 5.11 Å². The first-order chi connectivity index (χ1) is 6.68. The quantitative estimate of drug-likeness (QED) is 0.604. The van der Waals surface area contributed by atoms with Crippen LogP contribution in [0.5, 0.6) is 0 Å². The van der Waals surface area contributed by atoms with Gasteiger partial charge in [0, 0.05) is 19.4 Å². The highest BCUT2D eigenvalue weighted by Crippen LogP contribution is 2.33. The van der Waals surface area contributed by atoms with Gasteiger partial charge in [-0.3, -0.25) is 9.59 Å². The van der Waals surface area contributed by atoms with Crippen LogP contribution in [0.25, 0.3) is 0 Å². The molecule has 14 heavy (non-hydrogen) atoms. The van der Waals surface area contributed by atoms with E-state index in [9.17, 15) is 9.59 Å². The number of carbonyl (C=O) groups is 2. The Kier molecular flexibility index (Phi) is 4.43. The zero-order valence-corrected chi connectivity index (χ0v) is 8.29. The van der Waals surface area contributed by atoms with Crippen LogP contribution in [-0.2, 0) is 9.59 Å². The van der Waals surface area contributed by atoms with Crippen LogP contribution in [0.2, 0.25) is 0 Å². The molecule has 2 N–H and O–H groups in total. The van der Waals surface area contributed by atoms with Gasteiger partial charge in [-0.25, -0.2) is 0 Å². The summed E-state index contributed by atoms with van der Waals surface area (Å²) < 4.78 is 0. The topological polar surface area (TPSA) is 66.4 Å². The molecule has 0 radical (unpaired) electrons. The van der Waals surface area contributed by atoms with Gasteiger partial charge in [0.2, 0.25) is 5.91 Å². The number of amides is 1. The number of carboxylic acid groups (broad SMARTS) is 1. The SMILES string of the molecule is O=C(O)CCCNC(=O)CCC1CC1. The van der Waals surface area contributed by atoms with Crippen molar-refractivity contribution in [3.05, 3.63) is 0 Å². The summed E-state index contributed by atoms with van der Waals surface area (Å²) in [5, 5.41) is 11.1. The zero-order valence-electron chi connectivity index (χ0n) is 8.29. The minimum Gasteiger partial charge on any atom is -0.481 e. The minimum absolute atomic E-state index is 0.0577. The summed E-state index contributed by atoms with van der Waals surface area (Å²) in [6.07, 6.45) is 4.77. The van der Waals surface area contributed by atoms with Crippen LogP contribution in [0.3, 0.4) is 0 Å². The first-order valence-corrected chi connectivity index (χ1v) is 5.17. The van der Waals surface area contributed by atoms with Crippen molar-refractivity contribution in [3.8, 4) is 0 Å². The Morgan fingerprint density at radius 3 is 2.57 bits per heavy atom. The van der Waals surface area contributed by atoms with Crippen molar-refractivity contribution in [2.75, 3.05) is 6.54 Å². The molecule has 0 spiro atoms. The highest BCUT2D eigenvalue weighted by atomic mass is 16.4. The van der Waals surface area contributed by atoms with Crippen molar-refractivity contribution in [1.29, 1.82) is 0 Å². The zero-order chi connectivity index (χ0) is 10.4. The van der Waals surface area contributed by atoms with E-state index < -0.39 is 5.97 Å². The second-order valence-corrected chi connectivity index (χ2v) is 3.83. The van der Waals surface area contributed by atoms with Gasteiger partial charge in [-0.2, -0.15) is 0 Å². The molecule has 0 aromatic carbocycles. The molecular weight excluding hydrogens is 182 g/mol. The summed E-state index contributed by atoms with van der Waals surface area (Å²) in [7, 11) is 0. The molecule has 0 atom stereocenters. The van der Waals surface area contributed by atoms with Crippen LogP contribution in [0, 0.1) is 5.92 Å². The molecule has 80 valence electrons. The maximum Gasteiger partial charge on any atom is 0.303 e. The van der Waals surface area contributed by atoms with Gasteiger partial charge in [0.15, 0.2) is 0 Å². The predicted octanol–water partition coefficient (Wildman–Crippen LogP) is 1.16. The first kappa shape index (κ1) is 11.0. The van der Waals surface area contributed by atoms with Gasteiger partial charge in [-0.05, 0) is 18.8 Å². The average molecular weight is 199 g/mol. The van der Waals surface area contributed by atoms with Crippen LogP contribution < -0.4 is 5.32 Å². The number of nitrogens with one attached hydrogen (secondary N) is 1. The molecule has 1 amide bonds. The molecular formula is C10H17NO3. The Labute approximate surface area is 83.7 Å². The fraction of sp³-hybridized carbons (Fsp3) is 0.800. The van der Waals surface area contributed by atoms with Crippen LogP contribution in [0.15, 0.2) is 0 Å². The van der Waals surface area contributed by atoms with E-state index in [2.05, 4.69) is 5.32 Å². The molecule has 0 aromatic heterocycles. The maximum atomic E-state index is 11.2. The molecule has 0 bridgehead atoms. The lowest BCUT2D eigenvalue weighted by Gasteiger charge is -2.02. The second kappa shape index (κ2) is 5.62. The predicted molar refractivity (Wildman–Crippen MR) is 51.8 cm³/mol. The second-order valence-electron chi connectivity index (χ2n) is 3.83. The van der Waals surface area contributed by atoms with E-state index in [-0.39, 0.29) is 12.3 Å². The minimum atomic E-state index is -0.808. The van der Waals surface area contributed by atoms with Gasteiger partial charge in [-0.15, -0.1) is 0 Å². The van der Waals surface area contributed by atoms with E-state index in [1.165, 1.54) is 12.8 Å². The van der Waals surface area contributed by atoms with E-state index in [0.717, 1.165) is 12.3 Å². The van der Waals surface area contributed by atoms with E-state index in [1.54, 1.807) is 0 Å². The van der Waals surface area contributed by atoms with Crippen molar-refractivity contribution < 1.29 is 14.7 Å². The molecule has 1 aliphatic rings. The van der Waals surface area contributed by atoms with Crippen molar-refractivity contribution >= 4 is 11.9 Å². The van der Waals surface area contributed by atoms with E-state index in [1.807, 2.05) is 0 Å². The van der Waals surface area contributed by atoms with Gasteiger partial charge in [0.05, 0.1) is 0 Å². The standard InChI is InChI=1S/C10H17NO3/c12-9(6-5-8-3-4-8)11-7-1-2-10(13)14/h8H,1-7H2,(H,11,12)(H,13,14). The summed E-state index contributed by atoms with van der Waals surface area (Å²) in [5.74, 6) is 0.0271. The number of hydrogen-bond donors (Lipinski definition) is 2. The maximum absolute atomic E-state index is 11.2. The van der Waals surface area contributed by atoms with Crippen molar-refractivity contribution in [2.45, 2.75) is 38.5 Å². The summed E-state index contributed by atoms with van der Waals surface area (Å²) >= 11 is 0. The Bertz CT molecular complexity index is 211. The lowest BCUT2D eigenvalue weighted by molar-refractivity contribution is -0.137. The molecule has 1 aliphatic carbocycles. The van der Waals surface area contributed by atoms with Crippen molar-refractivity contribution in [2.24, 2.45) is 5.92 Å². The summed E-state index contributed by atoms with van der Waals surface area (Å²) in [4.78, 5) is 21.3. The normalized spacial score (nSPS) is 15.1.